The lowest BCUT2D eigenvalue weighted by Gasteiger charge is -2.19. The lowest BCUT2D eigenvalue weighted by molar-refractivity contribution is 0.318. The minimum atomic E-state index is 0.155. The van der Waals surface area contributed by atoms with Gasteiger partial charge >= 0.3 is 0 Å². The predicted molar refractivity (Wildman–Crippen MR) is 88.2 cm³/mol. The van der Waals surface area contributed by atoms with Crippen LogP contribution in [0, 0.1) is 0 Å². The number of hydrogen-bond acceptors (Lipinski definition) is 2. The first-order chi connectivity index (χ1) is 10.3. The lowest BCUT2D eigenvalue weighted by Crippen LogP contribution is -2.25. The van der Waals surface area contributed by atoms with E-state index in [0.29, 0.717) is 5.92 Å². The second kappa shape index (κ2) is 6.88. The standard InChI is InChI=1S/C19H24N2/c20-19(17-9-5-2-6-10-17)12-14-21-13-11-18(15-21)16-7-3-1-4-8-16/h1-10,18-19H,11-15,20H2. The molecule has 2 N–H and O–H groups in total. The van der Waals surface area contributed by atoms with Crippen molar-refractivity contribution in [3.05, 3.63) is 71.8 Å². The van der Waals surface area contributed by atoms with Crippen LogP contribution < -0.4 is 5.73 Å². The zero-order valence-corrected chi connectivity index (χ0v) is 12.5. The minimum Gasteiger partial charge on any atom is -0.324 e. The number of nitrogens with zero attached hydrogens (tertiary/aromatic N) is 1. The van der Waals surface area contributed by atoms with E-state index in [1.807, 2.05) is 6.07 Å². The summed E-state index contributed by atoms with van der Waals surface area (Å²) in [4.78, 5) is 2.56. The number of rotatable bonds is 5. The fraction of sp³-hybridized carbons (Fsp3) is 0.368. The first kappa shape index (κ1) is 14.3. The molecule has 0 bridgehead atoms. The van der Waals surface area contributed by atoms with E-state index in [9.17, 15) is 0 Å². The molecule has 0 spiro atoms. The molecule has 1 heterocycles. The normalized spacial score (nSPS) is 20.5. The number of likely N-dealkylation sites (tertiary alicyclic amines) is 1. The highest BCUT2D eigenvalue weighted by atomic mass is 15.1. The van der Waals surface area contributed by atoms with Crippen LogP contribution in [0.25, 0.3) is 0 Å². The van der Waals surface area contributed by atoms with Crippen molar-refractivity contribution in [1.29, 1.82) is 0 Å². The molecular formula is C19H24N2. The predicted octanol–water partition coefficient (Wildman–Crippen LogP) is 3.57. The summed E-state index contributed by atoms with van der Waals surface area (Å²) in [5, 5.41) is 0. The van der Waals surface area contributed by atoms with Crippen molar-refractivity contribution >= 4 is 0 Å². The fourth-order valence-corrected chi connectivity index (χ4v) is 3.22. The Morgan fingerprint density at radius 1 is 1.00 bits per heavy atom. The minimum absolute atomic E-state index is 0.155. The molecule has 1 saturated heterocycles. The van der Waals surface area contributed by atoms with Crippen LogP contribution in [0.5, 0.6) is 0 Å². The summed E-state index contributed by atoms with van der Waals surface area (Å²) in [7, 11) is 0. The van der Waals surface area contributed by atoms with Gasteiger partial charge in [-0.1, -0.05) is 60.7 Å². The van der Waals surface area contributed by atoms with Crippen molar-refractivity contribution in [2.24, 2.45) is 5.73 Å². The van der Waals surface area contributed by atoms with Gasteiger partial charge in [-0.15, -0.1) is 0 Å². The molecule has 2 atom stereocenters. The van der Waals surface area contributed by atoms with E-state index in [1.54, 1.807) is 0 Å². The Labute approximate surface area is 127 Å². The van der Waals surface area contributed by atoms with E-state index in [2.05, 4.69) is 59.5 Å². The van der Waals surface area contributed by atoms with Gasteiger partial charge in [0, 0.05) is 12.6 Å². The molecule has 2 unspecified atom stereocenters. The van der Waals surface area contributed by atoms with Crippen LogP contribution in [0.4, 0.5) is 0 Å². The van der Waals surface area contributed by atoms with E-state index in [1.165, 1.54) is 30.6 Å². The second-order valence-corrected chi connectivity index (χ2v) is 6.00. The summed E-state index contributed by atoms with van der Waals surface area (Å²) in [6.07, 6.45) is 2.30. The van der Waals surface area contributed by atoms with Crippen LogP contribution in [0.15, 0.2) is 60.7 Å². The molecule has 110 valence electrons. The molecule has 2 nitrogen and oxygen atoms in total. The van der Waals surface area contributed by atoms with E-state index in [4.69, 9.17) is 5.73 Å². The molecule has 0 aromatic heterocycles. The van der Waals surface area contributed by atoms with Gasteiger partial charge in [0.1, 0.15) is 0 Å². The zero-order chi connectivity index (χ0) is 14.5. The van der Waals surface area contributed by atoms with E-state index < -0.39 is 0 Å². The highest BCUT2D eigenvalue weighted by molar-refractivity contribution is 5.21. The van der Waals surface area contributed by atoms with Gasteiger partial charge in [0.2, 0.25) is 0 Å². The van der Waals surface area contributed by atoms with Gasteiger partial charge in [0.25, 0.3) is 0 Å². The Morgan fingerprint density at radius 2 is 1.67 bits per heavy atom. The molecule has 21 heavy (non-hydrogen) atoms. The Morgan fingerprint density at radius 3 is 2.38 bits per heavy atom. The largest absolute Gasteiger partial charge is 0.324 e. The van der Waals surface area contributed by atoms with Crippen molar-refractivity contribution in [3.8, 4) is 0 Å². The summed E-state index contributed by atoms with van der Waals surface area (Å²) >= 11 is 0. The molecule has 2 aromatic carbocycles. The van der Waals surface area contributed by atoms with E-state index in [-0.39, 0.29) is 6.04 Å². The van der Waals surface area contributed by atoms with E-state index >= 15 is 0 Å². The highest BCUT2D eigenvalue weighted by Crippen LogP contribution is 2.27. The Balaban J connectivity index is 1.49. The lowest BCUT2D eigenvalue weighted by atomic mass is 9.99. The fourth-order valence-electron chi connectivity index (χ4n) is 3.22. The summed E-state index contributed by atoms with van der Waals surface area (Å²) < 4.78 is 0. The Bertz CT molecular complexity index is 538. The average Bonchev–Trinajstić information content (AvgIpc) is 3.03. The van der Waals surface area contributed by atoms with Crippen LogP contribution in [0.3, 0.4) is 0 Å². The molecule has 1 aliphatic heterocycles. The van der Waals surface area contributed by atoms with Crippen molar-refractivity contribution in [3.63, 3.8) is 0 Å². The molecule has 0 amide bonds. The molecule has 2 aromatic rings. The van der Waals surface area contributed by atoms with E-state index in [0.717, 1.165) is 13.0 Å². The van der Waals surface area contributed by atoms with Crippen LogP contribution >= 0.6 is 0 Å². The third kappa shape index (κ3) is 3.72. The zero-order valence-electron chi connectivity index (χ0n) is 12.5. The van der Waals surface area contributed by atoms with Gasteiger partial charge < -0.3 is 10.6 Å². The third-order valence-electron chi connectivity index (χ3n) is 4.53. The second-order valence-electron chi connectivity index (χ2n) is 6.00. The van der Waals surface area contributed by atoms with Gasteiger partial charge in [-0.2, -0.15) is 0 Å². The van der Waals surface area contributed by atoms with Crippen molar-refractivity contribution in [2.45, 2.75) is 24.8 Å². The summed E-state index contributed by atoms with van der Waals surface area (Å²) in [6.45, 7) is 3.46. The Hall–Kier alpha value is -1.64. The number of nitrogens with two attached hydrogens (primary N) is 1. The molecule has 2 heteroatoms. The SMILES string of the molecule is NC(CCN1CCC(c2ccccc2)C1)c1ccccc1. The molecule has 1 fully saturated rings. The molecule has 0 aliphatic carbocycles. The van der Waals surface area contributed by atoms with Crippen molar-refractivity contribution < 1.29 is 0 Å². The van der Waals surface area contributed by atoms with Gasteiger partial charge in [0.15, 0.2) is 0 Å². The summed E-state index contributed by atoms with van der Waals surface area (Å²) in [6, 6.07) is 21.5. The maximum Gasteiger partial charge on any atom is 0.0307 e. The third-order valence-corrected chi connectivity index (χ3v) is 4.53. The Kier molecular flexibility index (Phi) is 4.69. The van der Waals surface area contributed by atoms with Crippen LogP contribution in [0.2, 0.25) is 0 Å². The maximum atomic E-state index is 6.29. The molecule has 1 aliphatic rings. The van der Waals surface area contributed by atoms with Gasteiger partial charge in [-0.25, -0.2) is 0 Å². The van der Waals surface area contributed by atoms with Crippen molar-refractivity contribution in [2.75, 3.05) is 19.6 Å². The average molecular weight is 280 g/mol. The number of benzene rings is 2. The van der Waals surface area contributed by atoms with Crippen LogP contribution in [0.1, 0.15) is 35.9 Å². The first-order valence-corrected chi connectivity index (χ1v) is 7.91. The van der Waals surface area contributed by atoms with Gasteiger partial charge in [0.05, 0.1) is 0 Å². The molecule has 0 saturated carbocycles. The van der Waals surface area contributed by atoms with Crippen LogP contribution in [-0.4, -0.2) is 24.5 Å². The van der Waals surface area contributed by atoms with Crippen molar-refractivity contribution in [1.82, 2.24) is 4.90 Å². The monoisotopic (exact) mass is 280 g/mol. The summed E-state index contributed by atoms with van der Waals surface area (Å²) in [5.41, 5.74) is 9.02. The quantitative estimate of drug-likeness (QED) is 0.907. The highest BCUT2D eigenvalue weighted by Gasteiger charge is 2.23. The smallest absolute Gasteiger partial charge is 0.0307 e. The molecule has 3 rings (SSSR count). The molecule has 0 radical (unpaired) electrons. The number of hydrogen-bond donors (Lipinski definition) is 1. The van der Waals surface area contributed by atoms with Gasteiger partial charge in [-0.05, 0) is 43.0 Å². The topological polar surface area (TPSA) is 29.3 Å². The molecular weight excluding hydrogens is 256 g/mol. The van der Waals surface area contributed by atoms with Crippen LogP contribution in [-0.2, 0) is 0 Å². The summed E-state index contributed by atoms with van der Waals surface area (Å²) in [5.74, 6) is 0.694. The first-order valence-electron chi connectivity index (χ1n) is 7.91. The maximum absolute atomic E-state index is 6.29. The van der Waals surface area contributed by atoms with Gasteiger partial charge in [-0.3, -0.25) is 0 Å².